The second kappa shape index (κ2) is 7.05. The standard InChI is InChI=1S/C18H25N3O/c1-15(17-8-5-9-19-14-17)20-10-12-21(13-11-20)18(22)16-6-3-2-4-7-16/h2-3,5,8-9,14-16H,4,6-7,10-13H2,1H3. The fourth-order valence-electron chi connectivity index (χ4n) is 3.44. The Balaban J connectivity index is 1.54. The highest BCUT2D eigenvalue weighted by molar-refractivity contribution is 5.79. The number of aromatic nitrogens is 1. The van der Waals surface area contributed by atoms with E-state index in [2.05, 4.69) is 39.9 Å². The van der Waals surface area contributed by atoms with Crippen LogP contribution in [0.1, 0.15) is 37.8 Å². The number of carbonyl (C=O) groups excluding carboxylic acids is 1. The smallest absolute Gasteiger partial charge is 0.226 e. The zero-order chi connectivity index (χ0) is 15.4. The molecule has 0 spiro atoms. The summed E-state index contributed by atoms with van der Waals surface area (Å²) in [6, 6.07) is 4.48. The molecule has 22 heavy (non-hydrogen) atoms. The highest BCUT2D eigenvalue weighted by atomic mass is 16.2. The van der Waals surface area contributed by atoms with Crippen molar-refractivity contribution in [1.82, 2.24) is 14.8 Å². The third-order valence-electron chi connectivity index (χ3n) is 4.96. The third-order valence-corrected chi connectivity index (χ3v) is 4.96. The second-order valence-electron chi connectivity index (χ2n) is 6.30. The first-order valence-electron chi connectivity index (χ1n) is 8.33. The lowest BCUT2D eigenvalue weighted by molar-refractivity contribution is -0.137. The van der Waals surface area contributed by atoms with Gasteiger partial charge in [-0.25, -0.2) is 0 Å². The number of nitrogens with zero attached hydrogens (tertiary/aromatic N) is 3. The molecule has 0 N–H and O–H groups in total. The summed E-state index contributed by atoms with van der Waals surface area (Å²) in [5, 5.41) is 0. The minimum Gasteiger partial charge on any atom is -0.340 e. The van der Waals surface area contributed by atoms with E-state index in [9.17, 15) is 4.79 Å². The number of hydrogen-bond donors (Lipinski definition) is 0. The maximum Gasteiger partial charge on any atom is 0.226 e. The SMILES string of the molecule is CC(c1cccnc1)N1CCN(C(=O)C2CC=CCC2)CC1. The molecule has 2 atom stereocenters. The normalized spacial score (nSPS) is 24.2. The van der Waals surface area contributed by atoms with E-state index in [-0.39, 0.29) is 5.92 Å². The van der Waals surface area contributed by atoms with Crippen molar-refractivity contribution < 1.29 is 4.79 Å². The number of rotatable bonds is 3. The molecular weight excluding hydrogens is 274 g/mol. The summed E-state index contributed by atoms with van der Waals surface area (Å²) >= 11 is 0. The van der Waals surface area contributed by atoms with Crippen molar-refractivity contribution in [2.45, 2.75) is 32.2 Å². The maximum atomic E-state index is 12.6. The lowest BCUT2D eigenvalue weighted by Crippen LogP contribution is -2.50. The molecule has 2 aliphatic rings. The second-order valence-corrected chi connectivity index (χ2v) is 6.30. The molecule has 1 aliphatic carbocycles. The molecule has 1 aromatic heterocycles. The fourth-order valence-corrected chi connectivity index (χ4v) is 3.44. The molecule has 118 valence electrons. The highest BCUT2D eigenvalue weighted by Gasteiger charge is 2.28. The summed E-state index contributed by atoms with van der Waals surface area (Å²) in [6.45, 7) is 5.82. The van der Waals surface area contributed by atoms with Crippen molar-refractivity contribution in [1.29, 1.82) is 0 Å². The van der Waals surface area contributed by atoms with Crippen LogP contribution in [0.2, 0.25) is 0 Å². The molecule has 4 nitrogen and oxygen atoms in total. The molecule has 0 aromatic carbocycles. The quantitative estimate of drug-likeness (QED) is 0.805. The van der Waals surface area contributed by atoms with Crippen molar-refractivity contribution in [2.24, 2.45) is 5.92 Å². The summed E-state index contributed by atoms with van der Waals surface area (Å²) in [6.07, 6.45) is 11.1. The van der Waals surface area contributed by atoms with E-state index in [1.807, 2.05) is 18.5 Å². The predicted molar refractivity (Wildman–Crippen MR) is 87.3 cm³/mol. The van der Waals surface area contributed by atoms with Gasteiger partial charge in [-0.05, 0) is 37.8 Å². The third kappa shape index (κ3) is 3.38. The van der Waals surface area contributed by atoms with Crippen LogP contribution in [0.3, 0.4) is 0 Å². The van der Waals surface area contributed by atoms with Gasteiger partial charge in [-0.15, -0.1) is 0 Å². The molecule has 0 radical (unpaired) electrons. The highest BCUT2D eigenvalue weighted by Crippen LogP contribution is 2.24. The topological polar surface area (TPSA) is 36.4 Å². The van der Waals surface area contributed by atoms with Gasteiger partial charge in [0.2, 0.25) is 5.91 Å². The Kier molecular flexibility index (Phi) is 4.88. The lowest BCUT2D eigenvalue weighted by atomic mass is 9.93. The summed E-state index contributed by atoms with van der Waals surface area (Å²) in [7, 11) is 0. The minimum absolute atomic E-state index is 0.215. The van der Waals surface area contributed by atoms with Crippen molar-refractivity contribution >= 4 is 5.91 Å². The molecule has 1 aliphatic heterocycles. The van der Waals surface area contributed by atoms with Crippen molar-refractivity contribution in [3.8, 4) is 0 Å². The van der Waals surface area contributed by atoms with E-state index >= 15 is 0 Å². The van der Waals surface area contributed by atoms with Crippen LogP contribution in [0.5, 0.6) is 0 Å². The summed E-state index contributed by atoms with van der Waals surface area (Å²) in [4.78, 5) is 21.3. The maximum absolute atomic E-state index is 12.6. The number of hydrogen-bond acceptors (Lipinski definition) is 3. The minimum atomic E-state index is 0.215. The molecule has 0 bridgehead atoms. The number of carbonyl (C=O) groups is 1. The molecule has 1 amide bonds. The molecule has 2 heterocycles. The van der Waals surface area contributed by atoms with E-state index in [0.29, 0.717) is 11.9 Å². The van der Waals surface area contributed by atoms with Gasteiger partial charge in [0.15, 0.2) is 0 Å². The van der Waals surface area contributed by atoms with Crippen LogP contribution in [0.4, 0.5) is 0 Å². The number of pyridine rings is 1. The molecule has 0 saturated carbocycles. The molecule has 1 fully saturated rings. The van der Waals surface area contributed by atoms with Crippen molar-refractivity contribution in [2.75, 3.05) is 26.2 Å². The number of allylic oxidation sites excluding steroid dienone is 2. The zero-order valence-corrected chi connectivity index (χ0v) is 13.3. The number of piperazine rings is 1. The van der Waals surface area contributed by atoms with Gasteiger partial charge < -0.3 is 4.90 Å². The van der Waals surface area contributed by atoms with Crippen LogP contribution < -0.4 is 0 Å². The zero-order valence-electron chi connectivity index (χ0n) is 13.3. The summed E-state index contributed by atoms with van der Waals surface area (Å²) in [5.41, 5.74) is 1.25. The van der Waals surface area contributed by atoms with Gasteiger partial charge in [-0.2, -0.15) is 0 Å². The molecule has 2 unspecified atom stereocenters. The predicted octanol–water partition coefficient (Wildman–Crippen LogP) is 2.64. The van der Waals surface area contributed by atoms with Gasteiger partial charge >= 0.3 is 0 Å². The van der Waals surface area contributed by atoms with Gasteiger partial charge in [0.25, 0.3) is 0 Å². The number of amides is 1. The molecule has 1 saturated heterocycles. The van der Waals surface area contributed by atoms with Crippen LogP contribution in [0.25, 0.3) is 0 Å². The van der Waals surface area contributed by atoms with Crippen LogP contribution in [0, 0.1) is 5.92 Å². The van der Waals surface area contributed by atoms with Crippen LogP contribution in [-0.4, -0.2) is 46.9 Å². The first-order chi connectivity index (χ1) is 10.8. The Morgan fingerprint density at radius 2 is 2.09 bits per heavy atom. The Morgan fingerprint density at radius 1 is 1.27 bits per heavy atom. The summed E-state index contributed by atoms with van der Waals surface area (Å²) in [5.74, 6) is 0.574. The Hall–Kier alpha value is -1.68. The van der Waals surface area contributed by atoms with Crippen LogP contribution >= 0.6 is 0 Å². The van der Waals surface area contributed by atoms with Gasteiger partial charge in [0.1, 0.15) is 0 Å². The molecular formula is C18H25N3O. The van der Waals surface area contributed by atoms with E-state index in [0.717, 1.165) is 45.4 Å². The van der Waals surface area contributed by atoms with Gasteiger partial charge in [-0.1, -0.05) is 18.2 Å². The Labute approximate surface area is 132 Å². The monoisotopic (exact) mass is 299 g/mol. The van der Waals surface area contributed by atoms with Crippen LogP contribution in [0.15, 0.2) is 36.7 Å². The van der Waals surface area contributed by atoms with Crippen molar-refractivity contribution in [3.05, 3.63) is 42.2 Å². The van der Waals surface area contributed by atoms with E-state index in [1.165, 1.54) is 5.56 Å². The van der Waals surface area contributed by atoms with Gasteiger partial charge in [0, 0.05) is 50.5 Å². The largest absolute Gasteiger partial charge is 0.340 e. The fraction of sp³-hybridized carbons (Fsp3) is 0.556. The first kappa shape index (κ1) is 15.2. The van der Waals surface area contributed by atoms with Crippen molar-refractivity contribution in [3.63, 3.8) is 0 Å². The molecule has 3 rings (SSSR count). The average molecular weight is 299 g/mol. The Morgan fingerprint density at radius 3 is 2.73 bits per heavy atom. The van der Waals surface area contributed by atoms with E-state index in [4.69, 9.17) is 0 Å². The first-order valence-corrected chi connectivity index (χ1v) is 8.33. The van der Waals surface area contributed by atoms with Gasteiger partial charge in [-0.3, -0.25) is 14.7 Å². The summed E-state index contributed by atoms with van der Waals surface area (Å²) < 4.78 is 0. The van der Waals surface area contributed by atoms with Crippen LogP contribution in [-0.2, 0) is 4.79 Å². The Bertz CT molecular complexity index is 520. The van der Waals surface area contributed by atoms with Gasteiger partial charge in [0.05, 0.1) is 0 Å². The average Bonchev–Trinajstić information content (AvgIpc) is 2.62. The molecule has 4 heteroatoms. The van der Waals surface area contributed by atoms with E-state index < -0.39 is 0 Å². The lowest BCUT2D eigenvalue weighted by Gasteiger charge is -2.39. The van der Waals surface area contributed by atoms with E-state index in [1.54, 1.807) is 0 Å². The molecule has 1 aromatic rings.